The zero-order valence-electron chi connectivity index (χ0n) is 33.8. The first kappa shape index (κ1) is 39.0. The second-order valence-corrected chi connectivity index (χ2v) is 15.9. The average Bonchev–Trinajstić information content (AvgIpc) is 3.83. The first-order valence-electron chi connectivity index (χ1n) is 20.7. The summed E-state index contributed by atoms with van der Waals surface area (Å²) in [5.74, 6) is 0. The molecular formula is C56H34F6N2. The maximum atomic E-state index is 15.9. The molecule has 0 N–H and O–H groups in total. The van der Waals surface area contributed by atoms with Gasteiger partial charge in [-0.25, -0.2) is 0 Å². The monoisotopic (exact) mass is 848 g/mol. The molecule has 8 heteroatoms. The van der Waals surface area contributed by atoms with Gasteiger partial charge in [0.05, 0.1) is 44.6 Å². The fraction of sp³-hybridized carbons (Fsp3) is 0.0357. The molecule has 0 saturated heterocycles. The van der Waals surface area contributed by atoms with Crippen LogP contribution in [0.5, 0.6) is 0 Å². The summed E-state index contributed by atoms with van der Waals surface area (Å²) in [7, 11) is 0. The minimum atomic E-state index is -5.06. The van der Waals surface area contributed by atoms with Crippen molar-refractivity contribution in [2.75, 3.05) is 0 Å². The Morgan fingerprint density at radius 1 is 0.250 bits per heavy atom. The second kappa shape index (κ2) is 14.9. The van der Waals surface area contributed by atoms with Crippen LogP contribution in [0.1, 0.15) is 11.1 Å². The maximum absolute atomic E-state index is 15.9. The summed E-state index contributed by atoms with van der Waals surface area (Å²) in [6, 6.07) is 61.2. The van der Waals surface area contributed by atoms with Gasteiger partial charge in [0, 0.05) is 21.5 Å². The molecule has 0 amide bonds. The maximum Gasteiger partial charge on any atom is 0.418 e. The van der Waals surface area contributed by atoms with Gasteiger partial charge in [-0.2, -0.15) is 26.3 Å². The lowest BCUT2D eigenvalue weighted by molar-refractivity contribution is -0.141. The molecule has 0 aliphatic carbocycles. The van der Waals surface area contributed by atoms with Gasteiger partial charge in [-0.05, 0) is 105 Å². The van der Waals surface area contributed by atoms with Crippen LogP contribution in [-0.4, -0.2) is 9.13 Å². The first-order chi connectivity index (χ1) is 31.0. The van der Waals surface area contributed by atoms with Gasteiger partial charge in [-0.1, -0.05) is 146 Å². The Balaban J connectivity index is 1.21. The predicted octanol–water partition coefficient (Wildman–Crippen LogP) is 16.6. The van der Waals surface area contributed by atoms with Gasteiger partial charge in [-0.15, -0.1) is 0 Å². The van der Waals surface area contributed by atoms with E-state index in [0.717, 1.165) is 44.5 Å². The third-order valence-electron chi connectivity index (χ3n) is 12.2. The van der Waals surface area contributed by atoms with Crippen LogP contribution in [0.25, 0.3) is 99.5 Å². The molecule has 0 spiro atoms. The Morgan fingerprint density at radius 3 is 0.703 bits per heavy atom. The van der Waals surface area contributed by atoms with Gasteiger partial charge in [-0.3, -0.25) is 0 Å². The van der Waals surface area contributed by atoms with Crippen molar-refractivity contribution in [2.24, 2.45) is 0 Å². The minimum absolute atomic E-state index is 0.338. The van der Waals surface area contributed by atoms with E-state index in [9.17, 15) is 0 Å². The van der Waals surface area contributed by atoms with Crippen LogP contribution >= 0.6 is 0 Å². The number of alkyl halides is 6. The van der Waals surface area contributed by atoms with Crippen molar-refractivity contribution >= 4 is 43.6 Å². The van der Waals surface area contributed by atoms with E-state index in [2.05, 4.69) is 0 Å². The molecule has 0 bridgehead atoms. The van der Waals surface area contributed by atoms with Gasteiger partial charge in [0.2, 0.25) is 0 Å². The highest BCUT2D eigenvalue weighted by Crippen LogP contribution is 2.47. The number of rotatable bonds is 6. The lowest BCUT2D eigenvalue weighted by atomic mass is 10.0. The fourth-order valence-corrected chi connectivity index (χ4v) is 9.21. The van der Waals surface area contributed by atoms with Gasteiger partial charge >= 0.3 is 12.4 Å². The van der Waals surface area contributed by atoms with Crippen molar-refractivity contribution in [2.45, 2.75) is 12.4 Å². The molecule has 0 fully saturated rings. The van der Waals surface area contributed by atoms with Crippen LogP contribution in [0.15, 0.2) is 206 Å². The van der Waals surface area contributed by atoms with Gasteiger partial charge < -0.3 is 9.13 Å². The van der Waals surface area contributed by atoms with Crippen molar-refractivity contribution < 1.29 is 26.3 Å². The Morgan fingerprint density at radius 2 is 0.484 bits per heavy atom. The molecule has 2 aromatic heterocycles. The highest BCUT2D eigenvalue weighted by atomic mass is 19.4. The Bertz CT molecular complexity index is 3120. The number of hydrogen-bond donors (Lipinski definition) is 0. The highest BCUT2D eigenvalue weighted by molar-refractivity contribution is 6.13. The Labute approximate surface area is 363 Å². The van der Waals surface area contributed by atoms with Crippen LogP contribution in [0.2, 0.25) is 0 Å². The predicted molar refractivity (Wildman–Crippen MR) is 247 cm³/mol. The Kier molecular flexibility index (Phi) is 9.10. The first-order valence-corrected chi connectivity index (χ1v) is 20.7. The third kappa shape index (κ3) is 6.61. The van der Waals surface area contributed by atoms with E-state index in [0.29, 0.717) is 55.7 Å². The van der Waals surface area contributed by atoms with E-state index in [-0.39, 0.29) is 0 Å². The van der Waals surface area contributed by atoms with Crippen molar-refractivity contribution in [3.63, 3.8) is 0 Å². The van der Waals surface area contributed by atoms with Crippen molar-refractivity contribution in [3.8, 4) is 55.9 Å². The van der Waals surface area contributed by atoms with Crippen molar-refractivity contribution in [1.29, 1.82) is 0 Å². The van der Waals surface area contributed by atoms with Gasteiger partial charge in [0.1, 0.15) is 0 Å². The second-order valence-electron chi connectivity index (χ2n) is 15.9. The number of aromatic nitrogens is 2. The SMILES string of the molecule is FC(F)(F)c1cc(-n2c3ccc(-c4ccccc4)cc3c3cc(-c4ccccc4)ccc32)c(C(F)(F)F)cc1-n1c2ccc(-c3ccccc3)cc2c2cc(-c3ccccc3)ccc21. The Hall–Kier alpha value is -7.84. The summed E-state index contributed by atoms with van der Waals surface area (Å²) in [5, 5.41) is 2.41. The summed E-state index contributed by atoms with van der Waals surface area (Å²) in [6.07, 6.45) is -10.1. The summed E-state index contributed by atoms with van der Waals surface area (Å²) < 4.78 is 97.9. The number of hydrogen-bond acceptors (Lipinski definition) is 0. The van der Waals surface area contributed by atoms with E-state index in [1.165, 1.54) is 9.13 Å². The number of halogens is 6. The molecular weight excluding hydrogens is 815 g/mol. The molecule has 310 valence electrons. The normalized spacial score (nSPS) is 12.2. The molecule has 2 nitrogen and oxygen atoms in total. The molecule has 0 aliphatic heterocycles. The molecule has 0 aliphatic rings. The summed E-state index contributed by atoms with van der Waals surface area (Å²) in [4.78, 5) is 0. The van der Waals surface area contributed by atoms with Crippen LogP contribution in [0.3, 0.4) is 0 Å². The zero-order valence-corrected chi connectivity index (χ0v) is 33.8. The molecule has 0 radical (unpaired) electrons. The molecule has 64 heavy (non-hydrogen) atoms. The van der Waals surface area contributed by atoms with Crippen LogP contribution < -0.4 is 0 Å². The summed E-state index contributed by atoms with van der Waals surface area (Å²) in [5.41, 5.74) is 4.53. The highest BCUT2D eigenvalue weighted by Gasteiger charge is 2.41. The van der Waals surface area contributed by atoms with E-state index in [4.69, 9.17) is 0 Å². The quantitative estimate of drug-likeness (QED) is 0.148. The standard InChI is InChI=1S/C56H34F6N2/c57-55(58,59)47-34-54(64-51-27-23-41(37-17-9-3-10-18-37)31-45(51)46-32-42(24-28-52(46)64)38-19-11-4-12-20-38)48(56(60,61)62)33-53(47)63-49-25-21-39(35-13-5-1-6-14-35)29-43(49)44-30-40(22-26-50(44)63)36-15-7-2-8-16-36/h1-34H. The van der Waals surface area contributed by atoms with Crippen LogP contribution in [-0.2, 0) is 12.4 Å². The largest absolute Gasteiger partial charge is 0.418 e. The van der Waals surface area contributed by atoms with E-state index < -0.39 is 34.9 Å². The number of benzene rings is 9. The smallest absolute Gasteiger partial charge is 0.309 e. The molecule has 2 heterocycles. The number of nitrogens with zero attached hydrogens (tertiary/aromatic N) is 2. The zero-order chi connectivity index (χ0) is 43.7. The van der Waals surface area contributed by atoms with E-state index in [1.807, 2.05) is 146 Å². The minimum Gasteiger partial charge on any atom is -0.309 e. The molecule has 11 rings (SSSR count). The topological polar surface area (TPSA) is 9.86 Å². The van der Waals surface area contributed by atoms with Gasteiger partial charge in [0.15, 0.2) is 0 Å². The lowest BCUT2D eigenvalue weighted by Crippen LogP contribution is -2.17. The third-order valence-corrected chi connectivity index (χ3v) is 12.2. The van der Waals surface area contributed by atoms with Crippen molar-refractivity contribution in [3.05, 3.63) is 217 Å². The average molecular weight is 849 g/mol. The van der Waals surface area contributed by atoms with Crippen molar-refractivity contribution in [1.82, 2.24) is 9.13 Å². The fourth-order valence-electron chi connectivity index (χ4n) is 9.21. The summed E-state index contributed by atoms with van der Waals surface area (Å²) in [6.45, 7) is 0. The van der Waals surface area contributed by atoms with E-state index >= 15 is 26.3 Å². The van der Waals surface area contributed by atoms with Gasteiger partial charge in [0.25, 0.3) is 0 Å². The van der Waals surface area contributed by atoms with E-state index in [1.54, 1.807) is 48.5 Å². The lowest BCUT2D eigenvalue weighted by Gasteiger charge is -2.23. The van der Waals surface area contributed by atoms with Crippen LogP contribution in [0, 0.1) is 0 Å². The molecule has 0 unspecified atom stereocenters. The molecule has 0 atom stereocenters. The van der Waals surface area contributed by atoms with Crippen LogP contribution in [0.4, 0.5) is 26.3 Å². The molecule has 11 aromatic rings. The summed E-state index contributed by atoms with van der Waals surface area (Å²) >= 11 is 0. The number of fused-ring (bicyclic) bond motifs is 6. The molecule has 0 saturated carbocycles. The molecule has 9 aromatic carbocycles.